The number of rotatable bonds is 2. The summed E-state index contributed by atoms with van der Waals surface area (Å²) in [7, 11) is 2.10. The van der Waals surface area contributed by atoms with E-state index in [0.717, 1.165) is 58.1 Å². The molecule has 0 aromatic carbocycles. The summed E-state index contributed by atoms with van der Waals surface area (Å²) in [5.74, 6) is 0.617. The Balaban J connectivity index is 2.01. The van der Waals surface area contributed by atoms with Crippen LogP contribution in [0.15, 0.2) is 0 Å². The fourth-order valence-electron chi connectivity index (χ4n) is 3.37. The van der Waals surface area contributed by atoms with Gasteiger partial charge in [-0.15, -0.1) is 0 Å². The molecule has 4 nitrogen and oxygen atoms in total. The van der Waals surface area contributed by atoms with Gasteiger partial charge in [-0.1, -0.05) is 19.8 Å². The lowest BCUT2D eigenvalue weighted by Gasteiger charge is -2.36. The second-order valence-corrected chi connectivity index (χ2v) is 6.18. The Kier molecular flexibility index (Phi) is 4.97. The summed E-state index contributed by atoms with van der Waals surface area (Å²) >= 11 is 0. The van der Waals surface area contributed by atoms with Gasteiger partial charge in [0.25, 0.3) is 0 Å². The van der Waals surface area contributed by atoms with Gasteiger partial charge in [-0.25, -0.2) is 0 Å². The molecule has 1 aliphatic carbocycles. The summed E-state index contributed by atoms with van der Waals surface area (Å²) in [5, 5.41) is 0. The van der Waals surface area contributed by atoms with Crippen molar-refractivity contribution >= 4 is 12.2 Å². The second kappa shape index (κ2) is 6.51. The molecule has 0 aromatic heterocycles. The second-order valence-electron chi connectivity index (χ2n) is 6.18. The van der Waals surface area contributed by atoms with E-state index in [1.54, 1.807) is 0 Å². The van der Waals surface area contributed by atoms with Crippen LogP contribution in [0.3, 0.4) is 0 Å². The first kappa shape index (κ1) is 14.5. The van der Waals surface area contributed by atoms with E-state index in [9.17, 15) is 9.59 Å². The van der Waals surface area contributed by atoms with Gasteiger partial charge in [-0.2, -0.15) is 0 Å². The molecule has 2 aliphatic rings. The van der Waals surface area contributed by atoms with Gasteiger partial charge in [0.1, 0.15) is 6.29 Å². The van der Waals surface area contributed by atoms with Crippen molar-refractivity contribution in [1.82, 2.24) is 9.80 Å². The molecule has 0 bridgehead atoms. The van der Waals surface area contributed by atoms with Crippen molar-refractivity contribution in [2.75, 3.05) is 33.2 Å². The lowest BCUT2D eigenvalue weighted by molar-refractivity contribution is -0.139. The highest BCUT2D eigenvalue weighted by Crippen LogP contribution is 2.33. The minimum Gasteiger partial charge on any atom is -0.340 e. The molecule has 108 valence electrons. The highest BCUT2D eigenvalue weighted by molar-refractivity contribution is 5.79. The fourth-order valence-corrected chi connectivity index (χ4v) is 3.37. The third kappa shape index (κ3) is 3.35. The van der Waals surface area contributed by atoms with E-state index >= 15 is 0 Å². The van der Waals surface area contributed by atoms with Crippen molar-refractivity contribution in [3.8, 4) is 0 Å². The Morgan fingerprint density at radius 2 is 1.74 bits per heavy atom. The predicted molar refractivity (Wildman–Crippen MR) is 74.8 cm³/mol. The minimum atomic E-state index is 0.0566. The maximum Gasteiger partial charge on any atom is 0.226 e. The number of amides is 1. The summed E-state index contributed by atoms with van der Waals surface area (Å²) in [6.07, 6.45) is 5.15. The van der Waals surface area contributed by atoms with E-state index in [1.807, 2.05) is 4.90 Å². The van der Waals surface area contributed by atoms with Gasteiger partial charge < -0.3 is 14.6 Å². The minimum absolute atomic E-state index is 0.0566. The molecular formula is C15H26N2O2. The summed E-state index contributed by atoms with van der Waals surface area (Å²) in [6, 6.07) is 0. The van der Waals surface area contributed by atoms with Crippen molar-refractivity contribution in [2.45, 2.75) is 32.6 Å². The molecule has 1 saturated heterocycles. The first-order valence-corrected chi connectivity index (χ1v) is 7.56. The third-order valence-corrected chi connectivity index (χ3v) is 4.92. The van der Waals surface area contributed by atoms with Crippen LogP contribution in [0.5, 0.6) is 0 Å². The van der Waals surface area contributed by atoms with Crippen LogP contribution in [-0.4, -0.2) is 55.2 Å². The zero-order valence-corrected chi connectivity index (χ0v) is 12.2. The molecule has 2 rings (SSSR count). The molecule has 1 aliphatic heterocycles. The lowest BCUT2D eigenvalue weighted by atomic mass is 9.81. The van der Waals surface area contributed by atoms with Crippen molar-refractivity contribution in [3.63, 3.8) is 0 Å². The van der Waals surface area contributed by atoms with Crippen LogP contribution in [0.1, 0.15) is 32.6 Å². The van der Waals surface area contributed by atoms with E-state index < -0.39 is 0 Å². The van der Waals surface area contributed by atoms with Gasteiger partial charge >= 0.3 is 0 Å². The molecule has 1 amide bonds. The zero-order chi connectivity index (χ0) is 13.8. The highest BCUT2D eigenvalue weighted by Gasteiger charge is 2.35. The molecule has 0 radical (unpaired) electrons. The first-order valence-electron chi connectivity index (χ1n) is 7.56. The molecule has 1 heterocycles. The number of nitrogens with zero attached hydrogens (tertiary/aromatic N) is 2. The highest BCUT2D eigenvalue weighted by atomic mass is 16.2. The molecule has 19 heavy (non-hydrogen) atoms. The smallest absolute Gasteiger partial charge is 0.226 e. The third-order valence-electron chi connectivity index (χ3n) is 4.92. The number of aldehydes is 1. The molecule has 1 saturated carbocycles. The Hall–Kier alpha value is -0.900. The van der Waals surface area contributed by atoms with Crippen LogP contribution in [-0.2, 0) is 9.59 Å². The van der Waals surface area contributed by atoms with Gasteiger partial charge in [-0.05, 0) is 25.8 Å². The molecule has 0 aromatic rings. The summed E-state index contributed by atoms with van der Waals surface area (Å²) in [4.78, 5) is 28.1. The topological polar surface area (TPSA) is 40.6 Å². The van der Waals surface area contributed by atoms with Crippen LogP contribution in [0.4, 0.5) is 0 Å². The lowest BCUT2D eigenvalue weighted by Crippen LogP contribution is -2.50. The molecule has 3 atom stereocenters. The van der Waals surface area contributed by atoms with E-state index in [2.05, 4.69) is 18.9 Å². The molecule has 0 N–H and O–H groups in total. The molecular weight excluding hydrogens is 240 g/mol. The van der Waals surface area contributed by atoms with Crippen LogP contribution in [0.2, 0.25) is 0 Å². The molecule has 4 heteroatoms. The zero-order valence-electron chi connectivity index (χ0n) is 12.2. The Labute approximate surface area is 116 Å². The fraction of sp³-hybridized carbons (Fsp3) is 0.867. The number of piperazine rings is 1. The monoisotopic (exact) mass is 266 g/mol. The average molecular weight is 266 g/mol. The van der Waals surface area contributed by atoms with Crippen molar-refractivity contribution in [1.29, 1.82) is 0 Å². The number of carbonyl (C=O) groups excluding carboxylic acids is 2. The Morgan fingerprint density at radius 3 is 2.37 bits per heavy atom. The Morgan fingerprint density at radius 1 is 1.11 bits per heavy atom. The van der Waals surface area contributed by atoms with E-state index in [0.29, 0.717) is 0 Å². The van der Waals surface area contributed by atoms with Gasteiger partial charge in [-0.3, -0.25) is 4.79 Å². The van der Waals surface area contributed by atoms with Gasteiger partial charge in [0.05, 0.1) is 0 Å². The van der Waals surface area contributed by atoms with Gasteiger partial charge in [0.15, 0.2) is 0 Å². The average Bonchev–Trinajstić information content (AvgIpc) is 2.60. The first-order chi connectivity index (χ1) is 9.13. The van der Waals surface area contributed by atoms with Crippen LogP contribution < -0.4 is 0 Å². The molecule has 2 fully saturated rings. The SMILES string of the molecule is CC1C(C=O)CCCC[C@@H]1C(=O)N1CCN(C)CC1. The maximum atomic E-state index is 12.7. The quantitative estimate of drug-likeness (QED) is 0.560. The number of likely N-dealkylation sites (N-methyl/N-ethyl adjacent to an activating group) is 1. The van der Waals surface area contributed by atoms with Crippen LogP contribution in [0, 0.1) is 17.8 Å². The largest absolute Gasteiger partial charge is 0.340 e. The van der Waals surface area contributed by atoms with Crippen LogP contribution >= 0.6 is 0 Å². The molecule has 2 unspecified atom stereocenters. The normalized spacial score (nSPS) is 33.8. The van der Waals surface area contributed by atoms with Gasteiger partial charge in [0, 0.05) is 38.0 Å². The van der Waals surface area contributed by atoms with E-state index in [-0.39, 0.29) is 23.7 Å². The standard InChI is InChI=1S/C15H26N2O2/c1-12-13(11-18)5-3-4-6-14(12)15(19)17-9-7-16(2)8-10-17/h11-14H,3-10H2,1-2H3/t12?,13?,14-/m0/s1. The Bertz CT molecular complexity index is 324. The molecule has 0 spiro atoms. The number of carbonyl (C=O) groups is 2. The summed E-state index contributed by atoms with van der Waals surface area (Å²) in [6.45, 7) is 5.69. The van der Waals surface area contributed by atoms with Crippen molar-refractivity contribution < 1.29 is 9.59 Å². The van der Waals surface area contributed by atoms with E-state index in [4.69, 9.17) is 0 Å². The van der Waals surface area contributed by atoms with Crippen molar-refractivity contribution in [2.24, 2.45) is 17.8 Å². The van der Waals surface area contributed by atoms with E-state index in [1.165, 1.54) is 0 Å². The number of hydrogen-bond donors (Lipinski definition) is 0. The summed E-state index contributed by atoms with van der Waals surface area (Å²) in [5.41, 5.74) is 0. The predicted octanol–water partition coefficient (Wildman–Crippen LogP) is 1.40. The van der Waals surface area contributed by atoms with Crippen molar-refractivity contribution in [3.05, 3.63) is 0 Å². The van der Waals surface area contributed by atoms with Crippen LogP contribution in [0.25, 0.3) is 0 Å². The maximum absolute atomic E-state index is 12.7. The summed E-state index contributed by atoms with van der Waals surface area (Å²) < 4.78 is 0. The van der Waals surface area contributed by atoms with Gasteiger partial charge in [0.2, 0.25) is 5.91 Å². The number of hydrogen-bond acceptors (Lipinski definition) is 3.